The van der Waals surface area contributed by atoms with Gasteiger partial charge in [-0.1, -0.05) is 83.5 Å². The van der Waals surface area contributed by atoms with Crippen molar-refractivity contribution in [2.24, 2.45) is 29.6 Å². The molecule has 1 fully saturated rings. The van der Waals surface area contributed by atoms with Gasteiger partial charge in [0.25, 0.3) is 0 Å². The van der Waals surface area contributed by atoms with E-state index in [1.807, 2.05) is 33.8 Å². The second-order valence-corrected chi connectivity index (χ2v) is 20.6. The standard InChI is InChI=1S/C49H74N4O11S/c1-13-32(4)45(52(10)48(59)39(31(2)3)28-44(57)64-49(7,8)9)42(62-11)29-43(56)53-25-17-20-40(53)46(63-12)33(5)41(55)27-37(26-35-18-15-14-16-19-35)47(58)51-65(60,61)30-36-21-23-38(24-22-36)50-34(6)54/h14-16,18-19,21-24,31-33,37,39-40,42,45-46H,13,17,20,25-30H2,1-12H3,(H,50,54)(H,51,58)/t32-,33-,37+,39-,40-,42+,45-,46+/m0/s1. The molecule has 1 heterocycles. The average molecular weight is 927 g/mol. The van der Waals surface area contributed by atoms with Crippen molar-refractivity contribution in [2.45, 2.75) is 143 Å². The third-order valence-corrected chi connectivity index (χ3v) is 13.5. The Morgan fingerprint density at radius 2 is 1.51 bits per heavy atom. The molecule has 3 rings (SSSR count). The number of ketones is 1. The molecule has 65 heavy (non-hydrogen) atoms. The van der Waals surface area contributed by atoms with Crippen LogP contribution in [0.4, 0.5) is 5.69 Å². The number of likely N-dealkylation sites (N-methyl/N-ethyl adjacent to an activating group) is 1. The van der Waals surface area contributed by atoms with Gasteiger partial charge < -0.3 is 29.3 Å². The number of nitrogens with one attached hydrogen (secondary N) is 2. The number of anilines is 1. The first kappa shape index (κ1) is 54.7. The number of carbonyl (C=O) groups excluding carboxylic acids is 6. The number of likely N-dealkylation sites (tertiary alicyclic amines) is 1. The Hall–Kier alpha value is -4.67. The quantitative estimate of drug-likeness (QED) is 0.112. The number of ether oxygens (including phenoxy) is 3. The van der Waals surface area contributed by atoms with Crippen molar-refractivity contribution in [3.8, 4) is 0 Å². The molecule has 4 amide bonds. The number of benzene rings is 2. The van der Waals surface area contributed by atoms with Crippen LogP contribution in [0.1, 0.15) is 112 Å². The highest BCUT2D eigenvalue weighted by Crippen LogP contribution is 2.32. The van der Waals surface area contributed by atoms with E-state index in [2.05, 4.69) is 10.0 Å². The molecule has 1 aliphatic heterocycles. The fourth-order valence-electron chi connectivity index (χ4n) is 8.74. The van der Waals surface area contributed by atoms with Crippen LogP contribution in [0.2, 0.25) is 0 Å². The van der Waals surface area contributed by atoms with Gasteiger partial charge in [0.15, 0.2) is 0 Å². The minimum Gasteiger partial charge on any atom is -0.460 e. The van der Waals surface area contributed by atoms with Crippen LogP contribution in [0, 0.1) is 29.6 Å². The fraction of sp³-hybridized carbons (Fsp3) is 0.633. The molecule has 1 aliphatic rings. The highest BCUT2D eigenvalue weighted by atomic mass is 32.2. The Bertz CT molecular complexity index is 2020. The average Bonchev–Trinajstić information content (AvgIpc) is 3.71. The summed E-state index contributed by atoms with van der Waals surface area (Å²) in [5, 5.41) is 2.62. The highest BCUT2D eigenvalue weighted by Gasteiger charge is 2.43. The number of hydrogen-bond donors (Lipinski definition) is 2. The molecule has 0 saturated carbocycles. The van der Waals surface area contributed by atoms with Crippen LogP contribution >= 0.6 is 0 Å². The van der Waals surface area contributed by atoms with Crippen molar-refractivity contribution in [2.75, 3.05) is 33.1 Å². The SMILES string of the molecule is CC[C@H](C)[C@@H]([C@@H](CC(=O)N1CCC[C@H]1[C@H](OC)[C@@H](C)C(=O)C[C@@H](Cc1ccccc1)C(=O)NS(=O)(=O)Cc1ccc(NC(C)=O)cc1)OC)N(C)C(=O)[C@@H](CC(=O)OC(C)(C)C)C(C)C. The second-order valence-electron chi connectivity index (χ2n) is 18.9. The third kappa shape index (κ3) is 16.6. The Labute approximate surface area is 387 Å². The van der Waals surface area contributed by atoms with E-state index >= 15 is 0 Å². The van der Waals surface area contributed by atoms with Gasteiger partial charge in [0, 0.05) is 58.7 Å². The Morgan fingerprint density at radius 1 is 0.877 bits per heavy atom. The number of hydrogen-bond acceptors (Lipinski definition) is 11. The zero-order valence-electron chi connectivity index (χ0n) is 40.5. The van der Waals surface area contributed by atoms with E-state index in [9.17, 15) is 37.2 Å². The van der Waals surface area contributed by atoms with Crippen molar-refractivity contribution < 1.29 is 51.4 Å². The number of Topliss-reactive ketones (excluding diaryl/α,β-unsaturated/α-hetero) is 1. The summed E-state index contributed by atoms with van der Waals surface area (Å²) >= 11 is 0. The first-order valence-electron chi connectivity index (χ1n) is 22.7. The van der Waals surface area contributed by atoms with Crippen LogP contribution in [0.15, 0.2) is 54.6 Å². The number of esters is 1. The van der Waals surface area contributed by atoms with E-state index in [-0.39, 0.29) is 61.0 Å². The zero-order chi connectivity index (χ0) is 48.8. The Morgan fingerprint density at radius 3 is 2.05 bits per heavy atom. The smallest absolute Gasteiger partial charge is 0.307 e. The predicted molar refractivity (Wildman–Crippen MR) is 250 cm³/mol. The van der Waals surface area contributed by atoms with Gasteiger partial charge in [0.1, 0.15) is 11.4 Å². The van der Waals surface area contributed by atoms with E-state index in [0.29, 0.717) is 37.1 Å². The van der Waals surface area contributed by atoms with Crippen LogP contribution in [0.3, 0.4) is 0 Å². The van der Waals surface area contributed by atoms with Crippen molar-refractivity contribution in [1.82, 2.24) is 14.5 Å². The molecule has 0 unspecified atom stereocenters. The summed E-state index contributed by atoms with van der Waals surface area (Å²) in [6, 6.07) is 14.3. The van der Waals surface area contributed by atoms with Gasteiger partial charge in [0.05, 0.1) is 48.8 Å². The van der Waals surface area contributed by atoms with Gasteiger partial charge in [0.2, 0.25) is 33.7 Å². The molecule has 2 N–H and O–H groups in total. The second kappa shape index (κ2) is 24.7. The van der Waals surface area contributed by atoms with Gasteiger partial charge in [-0.25, -0.2) is 8.42 Å². The lowest BCUT2D eigenvalue weighted by molar-refractivity contribution is -0.160. The lowest BCUT2D eigenvalue weighted by Crippen LogP contribution is -2.54. The number of nitrogens with zero attached hydrogens (tertiary/aromatic N) is 2. The molecule has 0 radical (unpaired) electrons. The maximum atomic E-state index is 14.4. The lowest BCUT2D eigenvalue weighted by atomic mass is 9.85. The molecule has 8 atom stereocenters. The molecule has 2 aromatic carbocycles. The summed E-state index contributed by atoms with van der Waals surface area (Å²) in [4.78, 5) is 84.2. The monoisotopic (exact) mass is 927 g/mol. The maximum Gasteiger partial charge on any atom is 0.307 e. The van der Waals surface area contributed by atoms with E-state index in [0.717, 1.165) is 5.56 Å². The highest BCUT2D eigenvalue weighted by molar-refractivity contribution is 7.89. The van der Waals surface area contributed by atoms with Crippen LogP contribution in [-0.4, -0.2) is 111 Å². The van der Waals surface area contributed by atoms with Crippen molar-refractivity contribution in [3.63, 3.8) is 0 Å². The molecule has 0 bridgehead atoms. The summed E-state index contributed by atoms with van der Waals surface area (Å²) in [5.74, 6) is -5.53. The molecule has 16 heteroatoms. The molecule has 1 saturated heterocycles. The molecule has 362 valence electrons. The van der Waals surface area contributed by atoms with Gasteiger partial charge in [-0.3, -0.25) is 33.5 Å². The summed E-state index contributed by atoms with van der Waals surface area (Å²) in [6.45, 7) is 16.6. The van der Waals surface area contributed by atoms with Crippen LogP contribution in [-0.2, 0) is 65.2 Å². The van der Waals surface area contributed by atoms with Crippen LogP contribution in [0.25, 0.3) is 0 Å². The normalized spacial score (nSPS) is 17.6. The zero-order valence-corrected chi connectivity index (χ0v) is 41.4. The topological polar surface area (TPSA) is 195 Å². The summed E-state index contributed by atoms with van der Waals surface area (Å²) < 4.78 is 46.3. The van der Waals surface area contributed by atoms with Crippen LogP contribution in [0.5, 0.6) is 0 Å². The van der Waals surface area contributed by atoms with Crippen molar-refractivity contribution in [3.05, 3.63) is 65.7 Å². The summed E-state index contributed by atoms with van der Waals surface area (Å²) in [5.41, 5.74) is 0.935. The molecular formula is C49H74N4O11S. The van der Waals surface area contributed by atoms with Gasteiger partial charge in [-0.15, -0.1) is 0 Å². The first-order valence-corrected chi connectivity index (χ1v) is 24.4. The minimum absolute atomic E-state index is 0.0515. The first-order chi connectivity index (χ1) is 30.4. The minimum atomic E-state index is -4.19. The molecule has 0 aromatic heterocycles. The van der Waals surface area contributed by atoms with Crippen molar-refractivity contribution >= 4 is 51.1 Å². The van der Waals surface area contributed by atoms with Crippen molar-refractivity contribution in [1.29, 1.82) is 0 Å². The summed E-state index contributed by atoms with van der Waals surface area (Å²) in [7, 11) is 0.515. The predicted octanol–water partition coefficient (Wildman–Crippen LogP) is 6.33. The number of rotatable bonds is 24. The van der Waals surface area contributed by atoms with E-state index in [1.54, 1.807) is 93.1 Å². The Balaban J connectivity index is 1.80. The van der Waals surface area contributed by atoms with E-state index < -0.39 is 75.3 Å². The number of methoxy groups -OCH3 is 2. The summed E-state index contributed by atoms with van der Waals surface area (Å²) in [6.07, 6.45) is 0.163. The molecule has 0 aliphatic carbocycles. The van der Waals surface area contributed by atoms with Gasteiger partial charge in [-0.2, -0.15) is 0 Å². The van der Waals surface area contributed by atoms with E-state index in [4.69, 9.17) is 14.2 Å². The molecular weight excluding hydrogens is 853 g/mol. The maximum absolute atomic E-state index is 14.4. The van der Waals surface area contributed by atoms with E-state index in [1.165, 1.54) is 21.1 Å². The number of amides is 4. The molecule has 15 nitrogen and oxygen atoms in total. The fourth-order valence-corrected chi connectivity index (χ4v) is 9.91. The lowest BCUT2D eigenvalue weighted by Gasteiger charge is -2.40. The molecule has 2 aromatic rings. The van der Waals surface area contributed by atoms with Crippen LogP contribution < -0.4 is 10.0 Å². The van der Waals surface area contributed by atoms with Gasteiger partial charge in [-0.05, 0) is 75.1 Å². The molecule has 0 spiro atoms. The van der Waals surface area contributed by atoms with Gasteiger partial charge >= 0.3 is 5.97 Å². The number of sulfonamides is 1. The third-order valence-electron chi connectivity index (χ3n) is 12.3. The Kier molecular flexibility index (Phi) is 20.8. The number of carbonyl (C=O) groups is 6. The largest absolute Gasteiger partial charge is 0.460 e.